The van der Waals surface area contributed by atoms with Gasteiger partial charge in [0.25, 0.3) is 6.20 Å². The molecule has 7 heteroatoms. The van der Waals surface area contributed by atoms with Crippen molar-refractivity contribution in [3.8, 4) is 0 Å². The van der Waals surface area contributed by atoms with Crippen LogP contribution in [0.5, 0.6) is 0 Å². The fraction of sp³-hybridized carbons (Fsp3) is 0.714. The van der Waals surface area contributed by atoms with Gasteiger partial charge in [-0.25, -0.2) is 0 Å². The molecule has 0 aromatic heterocycles. The SMILES string of the molecule is COCSC(C)NC(=C[N+](=O)[O-])SC. The quantitative estimate of drug-likeness (QED) is 0.414. The van der Waals surface area contributed by atoms with E-state index in [1.807, 2.05) is 6.92 Å². The van der Waals surface area contributed by atoms with Crippen molar-refractivity contribution >= 4 is 23.5 Å². The van der Waals surface area contributed by atoms with Crippen molar-refractivity contribution in [3.05, 3.63) is 21.3 Å². The third-order valence-corrected chi connectivity index (χ3v) is 2.88. The zero-order chi connectivity index (χ0) is 11.0. The van der Waals surface area contributed by atoms with Gasteiger partial charge in [-0.3, -0.25) is 10.1 Å². The fourth-order valence-corrected chi connectivity index (χ4v) is 1.77. The average molecular weight is 238 g/mol. The van der Waals surface area contributed by atoms with E-state index in [-0.39, 0.29) is 5.37 Å². The highest BCUT2D eigenvalue weighted by atomic mass is 32.2. The minimum absolute atomic E-state index is 0.0913. The molecule has 0 radical (unpaired) electrons. The molecule has 5 nitrogen and oxygen atoms in total. The highest BCUT2D eigenvalue weighted by Gasteiger charge is 2.06. The largest absolute Gasteiger partial charge is 0.374 e. The Balaban J connectivity index is 3.98. The maximum absolute atomic E-state index is 10.2. The molecule has 0 aliphatic heterocycles. The summed E-state index contributed by atoms with van der Waals surface area (Å²) in [5, 5.41) is 13.8. The van der Waals surface area contributed by atoms with Crippen molar-refractivity contribution in [3.63, 3.8) is 0 Å². The van der Waals surface area contributed by atoms with E-state index in [0.717, 1.165) is 6.20 Å². The summed E-state index contributed by atoms with van der Waals surface area (Å²) in [6.07, 6.45) is 2.75. The van der Waals surface area contributed by atoms with Crippen molar-refractivity contribution in [1.29, 1.82) is 0 Å². The molecule has 0 bridgehead atoms. The second-order valence-corrected chi connectivity index (χ2v) is 4.47. The maximum Gasteiger partial charge on any atom is 0.263 e. The highest BCUT2D eigenvalue weighted by molar-refractivity contribution is 8.02. The monoisotopic (exact) mass is 238 g/mol. The summed E-state index contributed by atoms with van der Waals surface area (Å²) in [4.78, 5) is 9.74. The molecule has 1 unspecified atom stereocenters. The first-order valence-electron chi connectivity index (χ1n) is 3.86. The summed E-state index contributed by atoms with van der Waals surface area (Å²) in [6.45, 7) is 1.92. The van der Waals surface area contributed by atoms with E-state index >= 15 is 0 Å². The highest BCUT2D eigenvalue weighted by Crippen LogP contribution is 2.14. The van der Waals surface area contributed by atoms with E-state index in [4.69, 9.17) is 4.74 Å². The van der Waals surface area contributed by atoms with Gasteiger partial charge >= 0.3 is 0 Å². The lowest BCUT2D eigenvalue weighted by Gasteiger charge is -2.13. The van der Waals surface area contributed by atoms with Gasteiger partial charge in [-0.2, -0.15) is 0 Å². The van der Waals surface area contributed by atoms with Gasteiger partial charge in [-0.05, 0) is 13.2 Å². The molecule has 1 atom stereocenters. The summed E-state index contributed by atoms with van der Waals surface area (Å²) in [6, 6.07) is 0. The first-order valence-corrected chi connectivity index (χ1v) is 6.14. The van der Waals surface area contributed by atoms with Crippen LogP contribution < -0.4 is 5.32 Å². The Morgan fingerprint density at radius 3 is 2.86 bits per heavy atom. The van der Waals surface area contributed by atoms with Crippen LogP contribution in [-0.2, 0) is 4.74 Å². The number of thioether (sulfide) groups is 2. The summed E-state index contributed by atoms with van der Waals surface area (Å²) in [7, 11) is 1.61. The van der Waals surface area contributed by atoms with Crippen molar-refractivity contribution in [2.75, 3.05) is 19.3 Å². The Bertz CT molecular complexity index is 211. The van der Waals surface area contributed by atoms with Gasteiger partial charge in [0.2, 0.25) is 0 Å². The van der Waals surface area contributed by atoms with Crippen LogP contribution in [0, 0.1) is 10.1 Å². The Hall–Kier alpha value is -0.400. The maximum atomic E-state index is 10.2. The molecule has 0 fully saturated rings. The molecule has 0 heterocycles. The van der Waals surface area contributed by atoms with Gasteiger partial charge in [-0.1, -0.05) is 0 Å². The van der Waals surface area contributed by atoms with E-state index in [2.05, 4.69) is 5.32 Å². The van der Waals surface area contributed by atoms with Crippen LogP contribution in [-0.4, -0.2) is 29.6 Å². The topological polar surface area (TPSA) is 64.4 Å². The Labute approximate surface area is 91.8 Å². The van der Waals surface area contributed by atoms with Crippen LogP contribution >= 0.6 is 23.5 Å². The van der Waals surface area contributed by atoms with E-state index in [1.165, 1.54) is 23.5 Å². The number of hydrogen-bond donors (Lipinski definition) is 1. The molecule has 0 amide bonds. The van der Waals surface area contributed by atoms with Crippen LogP contribution in [0.1, 0.15) is 6.92 Å². The summed E-state index contributed by atoms with van der Waals surface area (Å²) in [5.74, 6) is 0.564. The van der Waals surface area contributed by atoms with Crippen molar-refractivity contribution < 1.29 is 9.66 Å². The lowest BCUT2D eigenvalue weighted by Crippen LogP contribution is -2.21. The first-order chi connectivity index (χ1) is 6.60. The average Bonchev–Trinajstić information content (AvgIpc) is 2.12. The van der Waals surface area contributed by atoms with Crippen LogP contribution in [0.25, 0.3) is 0 Å². The molecule has 1 N–H and O–H groups in total. The van der Waals surface area contributed by atoms with E-state index in [9.17, 15) is 10.1 Å². The molecule has 0 rings (SSSR count). The molecular formula is C7H14N2O3S2. The smallest absolute Gasteiger partial charge is 0.263 e. The standard InChI is InChI=1S/C7H14N2O3S2/c1-6(14-5-12-2)8-7(13-3)4-9(10)11/h4,6,8H,5H2,1-3H3. The number of nitro groups is 1. The zero-order valence-electron chi connectivity index (χ0n) is 8.35. The van der Waals surface area contributed by atoms with Crippen molar-refractivity contribution in [2.45, 2.75) is 12.3 Å². The number of nitrogens with zero attached hydrogens (tertiary/aromatic N) is 1. The summed E-state index contributed by atoms with van der Waals surface area (Å²) >= 11 is 2.85. The van der Waals surface area contributed by atoms with Crippen LogP contribution in [0.2, 0.25) is 0 Å². The van der Waals surface area contributed by atoms with Crippen molar-refractivity contribution in [1.82, 2.24) is 5.32 Å². The normalized spacial score (nSPS) is 13.8. The van der Waals surface area contributed by atoms with Gasteiger partial charge in [-0.15, -0.1) is 23.5 Å². The fourth-order valence-electron chi connectivity index (χ4n) is 0.657. The molecule has 0 aromatic rings. The Kier molecular flexibility index (Phi) is 7.73. The molecule has 82 valence electrons. The predicted octanol–water partition coefficient (Wildman–Crippen LogP) is 1.70. The molecule has 0 aliphatic rings. The van der Waals surface area contributed by atoms with E-state index in [1.54, 1.807) is 13.4 Å². The second-order valence-electron chi connectivity index (χ2n) is 2.34. The number of rotatable bonds is 7. The van der Waals surface area contributed by atoms with Crippen LogP contribution in [0.4, 0.5) is 0 Å². The molecule has 14 heavy (non-hydrogen) atoms. The lowest BCUT2D eigenvalue weighted by atomic mass is 10.7. The Morgan fingerprint density at radius 1 is 1.79 bits per heavy atom. The van der Waals surface area contributed by atoms with Gasteiger partial charge in [0.05, 0.1) is 16.2 Å². The van der Waals surface area contributed by atoms with Gasteiger partial charge in [0.1, 0.15) is 5.03 Å². The minimum atomic E-state index is -0.466. The summed E-state index contributed by atoms with van der Waals surface area (Å²) < 4.78 is 4.87. The van der Waals surface area contributed by atoms with Crippen LogP contribution in [0.3, 0.4) is 0 Å². The van der Waals surface area contributed by atoms with E-state index < -0.39 is 4.92 Å². The number of nitrogens with one attached hydrogen (secondary N) is 1. The van der Waals surface area contributed by atoms with E-state index in [0.29, 0.717) is 11.0 Å². The molecular weight excluding hydrogens is 224 g/mol. The molecule has 0 saturated heterocycles. The molecule has 0 saturated carbocycles. The van der Waals surface area contributed by atoms with Crippen LogP contribution in [0.15, 0.2) is 11.2 Å². The molecule has 0 aliphatic carbocycles. The third-order valence-electron chi connectivity index (χ3n) is 1.22. The van der Waals surface area contributed by atoms with Gasteiger partial charge in [0.15, 0.2) is 0 Å². The summed E-state index contributed by atoms with van der Waals surface area (Å²) in [5.41, 5.74) is 0. The number of ether oxygens (including phenoxy) is 1. The van der Waals surface area contributed by atoms with Crippen molar-refractivity contribution in [2.24, 2.45) is 0 Å². The van der Waals surface area contributed by atoms with Gasteiger partial charge in [0, 0.05) is 7.11 Å². The number of methoxy groups -OCH3 is 1. The Morgan fingerprint density at radius 2 is 2.43 bits per heavy atom. The third kappa shape index (κ3) is 7.05. The minimum Gasteiger partial charge on any atom is -0.374 e. The second kappa shape index (κ2) is 7.95. The van der Waals surface area contributed by atoms with Gasteiger partial charge < -0.3 is 10.1 Å². The molecule has 0 aromatic carbocycles. The number of hydrogen-bond acceptors (Lipinski definition) is 6. The zero-order valence-corrected chi connectivity index (χ0v) is 9.98. The molecule has 0 spiro atoms. The lowest BCUT2D eigenvalue weighted by molar-refractivity contribution is -0.403. The predicted molar refractivity (Wildman–Crippen MR) is 60.7 cm³/mol. The first kappa shape index (κ1) is 13.6.